The van der Waals surface area contributed by atoms with Gasteiger partial charge in [-0.1, -0.05) is 0 Å². The van der Waals surface area contributed by atoms with Crippen LogP contribution in [0.1, 0.15) is 35.3 Å². The maximum absolute atomic E-state index is 12.7. The lowest BCUT2D eigenvalue weighted by Crippen LogP contribution is -2.51. The number of rotatable bonds is 2. The monoisotopic (exact) mass is 339 g/mol. The van der Waals surface area contributed by atoms with Gasteiger partial charge in [0.25, 0.3) is 0 Å². The third kappa shape index (κ3) is 2.92. The van der Waals surface area contributed by atoms with Gasteiger partial charge in [0.2, 0.25) is 0 Å². The lowest BCUT2D eigenvalue weighted by atomic mass is 9.82. The molecule has 0 aliphatic carbocycles. The fraction of sp³-hybridized carbons (Fsp3) is 0.421. The molecule has 0 saturated carbocycles. The number of ketones is 1. The Labute approximate surface area is 146 Å². The first-order chi connectivity index (χ1) is 12.1. The van der Waals surface area contributed by atoms with Crippen molar-refractivity contribution in [1.82, 2.24) is 9.97 Å². The number of nitrogens with zero attached hydrogens (tertiary/aromatic N) is 3. The molecule has 0 unspecified atom stereocenters. The second-order valence-corrected chi connectivity index (χ2v) is 6.75. The Bertz CT molecular complexity index is 813. The first-order valence-corrected chi connectivity index (χ1v) is 8.52. The zero-order valence-corrected chi connectivity index (χ0v) is 14.5. The van der Waals surface area contributed by atoms with E-state index in [0.717, 1.165) is 37.4 Å². The lowest BCUT2D eigenvalue weighted by molar-refractivity contribution is 0.0230. The van der Waals surface area contributed by atoms with Gasteiger partial charge in [-0.2, -0.15) is 0 Å². The smallest absolute Gasteiger partial charge is 0.170 e. The van der Waals surface area contributed by atoms with Crippen molar-refractivity contribution in [3.05, 3.63) is 41.9 Å². The molecule has 0 bridgehead atoms. The Morgan fingerprint density at radius 1 is 1.20 bits per heavy atom. The van der Waals surface area contributed by atoms with Crippen molar-refractivity contribution < 1.29 is 14.3 Å². The van der Waals surface area contributed by atoms with E-state index in [9.17, 15) is 4.79 Å². The summed E-state index contributed by atoms with van der Waals surface area (Å²) in [6.07, 6.45) is 3.61. The molecule has 3 heterocycles. The van der Waals surface area contributed by atoms with Crippen LogP contribution in [0, 0.1) is 6.92 Å². The molecular formula is C19H21N3O3. The van der Waals surface area contributed by atoms with Crippen molar-refractivity contribution in [3.63, 3.8) is 0 Å². The number of methoxy groups -OCH3 is 1. The number of piperidine rings is 1. The second-order valence-electron chi connectivity index (χ2n) is 6.75. The summed E-state index contributed by atoms with van der Waals surface area (Å²) in [5.41, 5.74) is 1.17. The van der Waals surface area contributed by atoms with Gasteiger partial charge in [-0.3, -0.25) is 4.79 Å². The van der Waals surface area contributed by atoms with Crippen molar-refractivity contribution in [2.75, 3.05) is 25.1 Å². The first-order valence-electron chi connectivity index (χ1n) is 8.52. The van der Waals surface area contributed by atoms with E-state index in [1.165, 1.54) is 0 Å². The van der Waals surface area contributed by atoms with Gasteiger partial charge in [0.15, 0.2) is 5.78 Å². The van der Waals surface area contributed by atoms with Crippen LogP contribution in [-0.2, 0) is 0 Å². The molecule has 0 N–H and O–H groups in total. The van der Waals surface area contributed by atoms with Gasteiger partial charge in [-0.05, 0) is 25.1 Å². The molecule has 1 spiro atoms. The number of fused-ring (bicyclic) bond motifs is 1. The van der Waals surface area contributed by atoms with Gasteiger partial charge < -0.3 is 14.4 Å². The quantitative estimate of drug-likeness (QED) is 0.838. The summed E-state index contributed by atoms with van der Waals surface area (Å²) in [6, 6.07) is 7.44. The third-order valence-electron chi connectivity index (χ3n) is 5.08. The molecule has 4 rings (SSSR count). The Morgan fingerprint density at radius 3 is 2.72 bits per heavy atom. The van der Waals surface area contributed by atoms with Crippen molar-refractivity contribution in [2.24, 2.45) is 0 Å². The number of aromatic nitrogens is 2. The van der Waals surface area contributed by atoms with Crippen molar-refractivity contribution in [3.8, 4) is 11.5 Å². The molecule has 6 heteroatoms. The standard InChI is InChI=1S/C19H21N3O3/c1-13-9-18(21-12-20-13)22-7-5-19(6-8-22)11-16(23)15-10-14(24-2)3-4-17(15)25-19/h3-4,9-10,12H,5-8,11H2,1-2H3. The number of Topliss-reactive ketones (excluding diaryl/α,β-unsaturated/α-hetero) is 1. The van der Waals surface area contributed by atoms with E-state index >= 15 is 0 Å². The van der Waals surface area contributed by atoms with Crippen LogP contribution in [0.5, 0.6) is 11.5 Å². The van der Waals surface area contributed by atoms with Gasteiger partial charge in [-0.25, -0.2) is 9.97 Å². The van der Waals surface area contributed by atoms with Crippen LogP contribution in [0.25, 0.3) is 0 Å². The molecule has 0 amide bonds. The molecule has 1 aromatic carbocycles. The maximum atomic E-state index is 12.7. The van der Waals surface area contributed by atoms with Crippen LogP contribution in [0.3, 0.4) is 0 Å². The zero-order chi connectivity index (χ0) is 17.4. The number of carbonyl (C=O) groups excluding carboxylic acids is 1. The number of hydrogen-bond donors (Lipinski definition) is 0. The fourth-order valence-electron chi connectivity index (χ4n) is 3.64. The lowest BCUT2D eigenvalue weighted by Gasteiger charge is -2.44. The molecule has 1 fully saturated rings. The molecule has 1 aromatic heterocycles. The van der Waals surface area contributed by atoms with Crippen LogP contribution in [0.4, 0.5) is 5.82 Å². The third-order valence-corrected chi connectivity index (χ3v) is 5.08. The molecule has 130 valence electrons. The molecular weight excluding hydrogens is 318 g/mol. The van der Waals surface area contributed by atoms with Crippen LogP contribution in [-0.4, -0.2) is 41.6 Å². The van der Waals surface area contributed by atoms with Gasteiger partial charge >= 0.3 is 0 Å². The maximum Gasteiger partial charge on any atom is 0.170 e. The molecule has 2 aliphatic heterocycles. The van der Waals surface area contributed by atoms with E-state index in [2.05, 4.69) is 14.9 Å². The molecule has 0 radical (unpaired) electrons. The summed E-state index contributed by atoms with van der Waals surface area (Å²) in [7, 11) is 1.60. The predicted octanol–water partition coefficient (Wildman–Crippen LogP) is 2.80. The molecule has 0 atom stereocenters. The van der Waals surface area contributed by atoms with Gasteiger partial charge in [-0.15, -0.1) is 0 Å². The van der Waals surface area contributed by atoms with Crippen LogP contribution in [0.15, 0.2) is 30.6 Å². The van der Waals surface area contributed by atoms with Gasteiger partial charge in [0.1, 0.15) is 29.2 Å². The number of anilines is 1. The summed E-state index contributed by atoms with van der Waals surface area (Å²) >= 11 is 0. The normalized spacial score (nSPS) is 18.6. The number of aryl methyl sites for hydroxylation is 1. The molecule has 6 nitrogen and oxygen atoms in total. The number of ether oxygens (including phenoxy) is 2. The van der Waals surface area contributed by atoms with Crippen LogP contribution in [0.2, 0.25) is 0 Å². The molecule has 1 saturated heterocycles. The highest BCUT2D eigenvalue weighted by Gasteiger charge is 2.43. The summed E-state index contributed by atoms with van der Waals surface area (Å²) in [5.74, 6) is 2.42. The topological polar surface area (TPSA) is 64.5 Å². The summed E-state index contributed by atoms with van der Waals surface area (Å²) < 4.78 is 11.5. The molecule has 2 aliphatic rings. The number of hydrogen-bond acceptors (Lipinski definition) is 6. The second kappa shape index (κ2) is 6.02. The van der Waals surface area contributed by atoms with E-state index in [4.69, 9.17) is 9.47 Å². The predicted molar refractivity (Wildman–Crippen MR) is 93.5 cm³/mol. The van der Waals surface area contributed by atoms with Gasteiger partial charge in [0.05, 0.1) is 19.1 Å². The number of carbonyl (C=O) groups is 1. The van der Waals surface area contributed by atoms with E-state index in [-0.39, 0.29) is 5.78 Å². The van der Waals surface area contributed by atoms with Crippen molar-refractivity contribution in [2.45, 2.75) is 31.8 Å². The SMILES string of the molecule is COc1ccc2c(c1)C(=O)CC1(CCN(c3cc(C)ncn3)CC1)O2. The Morgan fingerprint density at radius 2 is 2.00 bits per heavy atom. The van der Waals surface area contributed by atoms with E-state index in [1.807, 2.05) is 25.1 Å². The average Bonchev–Trinajstić information content (AvgIpc) is 2.62. The van der Waals surface area contributed by atoms with Gasteiger partial charge in [0, 0.05) is 37.7 Å². The van der Waals surface area contributed by atoms with E-state index in [1.54, 1.807) is 19.5 Å². The first kappa shape index (κ1) is 15.9. The van der Waals surface area contributed by atoms with E-state index < -0.39 is 5.60 Å². The molecule has 25 heavy (non-hydrogen) atoms. The van der Waals surface area contributed by atoms with Crippen molar-refractivity contribution in [1.29, 1.82) is 0 Å². The zero-order valence-electron chi connectivity index (χ0n) is 14.5. The minimum absolute atomic E-state index is 0.131. The Hall–Kier alpha value is -2.63. The summed E-state index contributed by atoms with van der Waals surface area (Å²) in [6.45, 7) is 3.59. The average molecular weight is 339 g/mol. The van der Waals surface area contributed by atoms with E-state index in [0.29, 0.717) is 23.5 Å². The highest BCUT2D eigenvalue weighted by Crippen LogP contribution is 2.41. The minimum Gasteiger partial charge on any atom is -0.497 e. The Kier molecular flexibility index (Phi) is 3.82. The summed E-state index contributed by atoms with van der Waals surface area (Å²) in [4.78, 5) is 23.4. The van der Waals surface area contributed by atoms with Crippen molar-refractivity contribution >= 4 is 11.6 Å². The van der Waals surface area contributed by atoms with Crippen LogP contribution < -0.4 is 14.4 Å². The largest absolute Gasteiger partial charge is 0.497 e. The highest BCUT2D eigenvalue weighted by molar-refractivity contribution is 6.00. The van der Waals surface area contributed by atoms with Crippen LogP contribution >= 0.6 is 0 Å². The number of benzene rings is 1. The minimum atomic E-state index is -0.406. The highest BCUT2D eigenvalue weighted by atomic mass is 16.5. The fourth-order valence-corrected chi connectivity index (χ4v) is 3.64. The summed E-state index contributed by atoms with van der Waals surface area (Å²) in [5, 5.41) is 0. The molecule has 2 aromatic rings. The Balaban J connectivity index is 1.52.